The number of aliphatic carboxylic acids is 1. The van der Waals surface area contributed by atoms with Gasteiger partial charge in [-0.05, 0) is 19.8 Å². The van der Waals surface area contributed by atoms with E-state index in [-0.39, 0.29) is 17.8 Å². The van der Waals surface area contributed by atoms with Crippen LogP contribution in [0.4, 0.5) is 0 Å². The van der Waals surface area contributed by atoms with Gasteiger partial charge in [0.25, 0.3) is 5.91 Å². The van der Waals surface area contributed by atoms with Crippen LogP contribution in [-0.2, 0) is 4.79 Å². The molecule has 1 aromatic rings. The third-order valence-electron chi connectivity index (χ3n) is 4.00. The number of carboxylic acids is 1. The largest absolute Gasteiger partial charge is 0.481 e. The quantitative estimate of drug-likeness (QED) is 0.770. The molecule has 0 aromatic carbocycles. The minimum absolute atomic E-state index is 0.0633. The highest BCUT2D eigenvalue weighted by Gasteiger charge is 2.46. The van der Waals surface area contributed by atoms with Crippen LogP contribution >= 0.6 is 0 Å². The van der Waals surface area contributed by atoms with E-state index in [9.17, 15) is 14.7 Å². The van der Waals surface area contributed by atoms with Crippen molar-refractivity contribution in [2.45, 2.75) is 52.0 Å². The minimum atomic E-state index is -0.910. The zero-order chi connectivity index (χ0) is 14.9. The molecular weight excluding hydrogens is 260 g/mol. The lowest BCUT2D eigenvalue weighted by molar-refractivity contribution is -0.148. The predicted octanol–water partition coefficient (Wildman–Crippen LogP) is 1.30. The van der Waals surface area contributed by atoms with E-state index in [4.69, 9.17) is 0 Å². The Morgan fingerprint density at radius 1 is 1.50 bits per heavy atom. The topological polar surface area (TPSA) is 108 Å². The Morgan fingerprint density at radius 3 is 2.75 bits per heavy atom. The number of nitrogens with one attached hydrogen (secondary N) is 2. The average molecular weight is 280 g/mol. The monoisotopic (exact) mass is 280 g/mol. The molecule has 1 aliphatic rings. The van der Waals surface area contributed by atoms with Crippen LogP contribution in [0.2, 0.25) is 0 Å². The van der Waals surface area contributed by atoms with Gasteiger partial charge >= 0.3 is 5.97 Å². The molecule has 2 rings (SSSR count). The summed E-state index contributed by atoms with van der Waals surface area (Å²) in [6, 6.07) is -0.381. The van der Waals surface area contributed by atoms with Gasteiger partial charge in [-0.1, -0.05) is 20.3 Å². The van der Waals surface area contributed by atoms with E-state index in [1.165, 1.54) is 0 Å². The second-order valence-electron chi connectivity index (χ2n) is 5.84. The van der Waals surface area contributed by atoms with Crippen molar-refractivity contribution in [2.24, 2.45) is 5.41 Å². The van der Waals surface area contributed by atoms with Crippen molar-refractivity contribution >= 4 is 11.9 Å². The molecule has 2 atom stereocenters. The molecule has 3 N–H and O–H groups in total. The molecule has 1 amide bonds. The van der Waals surface area contributed by atoms with Gasteiger partial charge in [-0.25, -0.2) is 4.98 Å². The molecule has 1 aromatic heterocycles. The van der Waals surface area contributed by atoms with Crippen LogP contribution in [0, 0.1) is 5.41 Å². The van der Waals surface area contributed by atoms with Gasteiger partial charge in [-0.15, -0.1) is 5.10 Å². The second kappa shape index (κ2) is 5.22. The van der Waals surface area contributed by atoms with Gasteiger partial charge in [0.2, 0.25) is 5.82 Å². The van der Waals surface area contributed by atoms with E-state index >= 15 is 0 Å². The van der Waals surface area contributed by atoms with E-state index in [1.54, 1.807) is 6.92 Å². The first-order valence-corrected chi connectivity index (χ1v) is 6.81. The number of carbonyl (C=O) groups is 2. The Kier molecular flexibility index (Phi) is 3.78. The molecule has 1 heterocycles. The number of amides is 1. The van der Waals surface area contributed by atoms with E-state index in [1.807, 2.05) is 13.8 Å². The van der Waals surface area contributed by atoms with Crippen LogP contribution in [0.25, 0.3) is 0 Å². The Labute approximate surface area is 117 Å². The van der Waals surface area contributed by atoms with Crippen molar-refractivity contribution in [3.05, 3.63) is 11.6 Å². The minimum Gasteiger partial charge on any atom is -0.481 e. The summed E-state index contributed by atoms with van der Waals surface area (Å²) in [6.07, 6.45) is 2.02. The number of aromatic amines is 1. The summed E-state index contributed by atoms with van der Waals surface area (Å²) in [6.45, 7) is 5.56. The van der Waals surface area contributed by atoms with Crippen molar-refractivity contribution in [1.29, 1.82) is 0 Å². The summed E-state index contributed by atoms with van der Waals surface area (Å²) >= 11 is 0. The lowest BCUT2D eigenvalue weighted by Gasteiger charge is -2.27. The third-order valence-corrected chi connectivity index (χ3v) is 4.00. The molecule has 0 radical (unpaired) electrons. The summed E-state index contributed by atoms with van der Waals surface area (Å²) in [5.74, 6) is -0.443. The summed E-state index contributed by atoms with van der Waals surface area (Å²) in [5.41, 5.74) is -0.910. The van der Waals surface area contributed by atoms with Crippen LogP contribution in [-0.4, -0.2) is 38.2 Å². The number of hydrogen-bond donors (Lipinski definition) is 3. The normalized spacial score (nSPS) is 25.9. The van der Waals surface area contributed by atoms with E-state index < -0.39 is 17.3 Å². The maximum Gasteiger partial charge on any atom is 0.311 e. The van der Waals surface area contributed by atoms with Crippen LogP contribution < -0.4 is 5.32 Å². The highest BCUT2D eigenvalue weighted by atomic mass is 16.4. The molecule has 0 saturated heterocycles. The second-order valence-corrected chi connectivity index (χ2v) is 5.84. The fraction of sp³-hybridized carbons (Fsp3) is 0.692. The predicted molar refractivity (Wildman–Crippen MR) is 71.3 cm³/mol. The molecule has 1 fully saturated rings. The van der Waals surface area contributed by atoms with Gasteiger partial charge in [0, 0.05) is 12.0 Å². The number of carboxylic acid groups (broad SMARTS) is 1. The smallest absolute Gasteiger partial charge is 0.311 e. The Bertz CT molecular complexity index is 525. The van der Waals surface area contributed by atoms with Gasteiger partial charge in [-0.2, -0.15) is 0 Å². The number of H-pyrrole nitrogens is 1. The van der Waals surface area contributed by atoms with Gasteiger partial charge in [0.1, 0.15) is 5.82 Å². The first kappa shape index (κ1) is 14.5. The van der Waals surface area contributed by atoms with Gasteiger partial charge in [0.05, 0.1) is 5.41 Å². The third kappa shape index (κ3) is 2.52. The zero-order valence-electron chi connectivity index (χ0n) is 11.9. The van der Waals surface area contributed by atoms with E-state index in [2.05, 4.69) is 20.5 Å². The zero-order valence-corrected chi connectivity index (χ0v) is 11.9. The highest BCUT2D eigenvalue weighted by molar-refractivity contribution is 5.91. The summed E-state index contributed by atoms with van der Waals surface area (Å²) in [7, 11) is 0. The Hall–Kier alpha value is -1.92. The lowest BCUT2D eigenvalue weighted by atomic mass is 9.85. The molecule has 0 aliphatic heterocycles. The fourth-order valence-electron chi connectivity index (χ4n) is 2.51. The molecule has 1 aliphatic carbocycles. The Balaban J connectivity index is 2.09. The molecule has 7 heteroatoms. The molecular formula is C13H20N4O3. The standard InChI is InChI=1S/C13H20N4O3/c1-7(2)9-15-10(17-16-9)11(18)14-8-5-4-6-13(8,3)12(19)20/h7-8H,4-6H2,1-3H3,(H,14,18)(H,19,20)(H,15,16,17). The summed E-state index contributed by atoms with van der Waals surface area (Å²) in [4.78, 5) is 27.6. The maximum absolute atomic E-state index is 12.1. The number of carbonyl (C=O) groups excluding carboxylic acids is 1. The molecule has 1 saturated carbocycles. The van der Waals surface area contributed by atoms with Crippen molar-refractivity contribution in [3.8, 4) is 0 Å². The van der Waals surface area contributed by atoms with E-state index in [0.29, 0.717) is 18.7 Å². The van der Waals surface area contributed by atoms with Crippen LogP contribution in [0.5, 0.6) is 0 Å². The molecule has 0 bridgehead atoms. The summed E-state index contributed by atoms with van der Waals surface area (Å²) < 4.78 is 0. The molecule has 20 heavy (non-hydrogen) atoms. The van der Waals surface area contributed by atoms with Crippen molar-refractivity contribution < 1.29 is 14.7 Å². The fourth-order valence-corrected chi connectivity index (χ4v) is 2.51. The van der Waals surface area contributed by atoms with Crippen LogP contribution in [0.3, 0.4) is 0 Å². The van der Waals surface area contributed by atoms with Crippen molar-refractivity contribution in [3.63, 3.8) is 0 Å². The first-order chi connectivity index (χ1) is 9.34. The summed E-state index contributed by atoms with van der Waals surface area (Å²) in [5, 5.41) is 18.7. The van der Waals surface area contributed by atoms with Crippen LogP contribution in [0.15, 0.2) is 0 Å². The number of nitrogens with zero attached hydrogens (tertiary/aromatic N) is 2. The SMILES string of the molecule is CC(C)c1nc(C(=O)NC2CCCC2(C)C(=O)O)n[nH]1. The molecule has 110 valence electrons. The first-order valence-electron chi connectivity index (χ1n) is 6.81. The van der Waals surface area contributed by atoms with E-state index in [0.717, 1.165) is 6.42 Å². The van der Waals surface area contributed by atoms with Gasteiger partial charge in [-0.3, -0.25) is 14.7 Å². The molecule has 2 unspecified atom stereocenters. The Morgan fingerprint density at radius 2 is 2.20 bits per heavy atom. The molecule has 0 spiro atoms. The number of aromatic nitrogens is 3. The lowest BCUT2D eigenvalue weighted by Crippen LogP contribution is -2.47. The average Bonchev–Trinajstić information content (AvgIpc) is 2.98. The van der Waals surface area contributed by atoms with Crippen LogP contribution in [0.1, 0.15) is 62.4 Å². The highest BCUT2D eigenvalue weighted by Crippen LogP contribution is 2.38. The van der Waals surface area contributed by atoms with Gasteiger partial charge < -0.3 is 10.4 Å². The number of rotatable bonds is 4. The van der Waals surface area contributed by atoms with Crippen molar-refractivity contribution in [1.82, 2.24) is 20.5 Å². The molecule has 7 nitrogen and oxygen atoms in total. The maximum atomic E-state index is 12.1. The van der Waals surface area contributed by atoms with Crippen molar-refractivity contribution in [2.75, 3.05) is 0 Å². The number of hydrogen-bond acceptors (Lipinski definition) is 4. The van der Waals surface area contributed by atoms with Gasteiger partial charge in [0.15, 0.2) is 0 Å².